The van der Waals surface area contributed by atoms with E-state index in [0.717, 1.165) is 0 Å². The molecule has 0 aromatic heterocycles. The summed E-state index contributed by atoms with van der Waals surface area (Å²) in [6, 6.07) is -1.12. The Labute approximate surface area is 280 Å². The molecule has 49 heavy (non-hydrogen) atoms. The van der Waals surface area contributed by atoms with Gasteiger partial charge in [-0.05, 0) is 26.3 Å². The van der Waals surface area contributed by atoms with E-state index in [1.54, 1.807) is 30.3 Å². The summed E-state index contributed by atoms with van der Waals surface area (Å²) in [4.78, 5) is 98.6. The molecular weight excluding hydrogens is 652 g/mol. The average Bonchev–Trinajstić information content (AvgIpc) is 3.06. The van der Waals surface area contributed by atoms with E-state index in [-0.39, 0.29) is 6.42 Å². The molecule has 0 fully saturated rings. The van der Waals surface area contributed by atoms with Gasteiger partial charge >= 0.3 is 5.97 Å². The van der Waals surface area contributed by atoms with Crippen LogP contribution in [0.3, 0.4) is 0 Å². The molecular formula is C29H44N8O12. The minimum Gasteiger partial charge on any atom is -0.480 e. The van der Waals surface area contributed by atoms with Gasteiger partial charge in [0.1, 0.15) is 36.3 Å². The Morgan fingerprint density at radius 3 is 1.55 bits per heavy atom. The van der Waals surface area contributed by atoms with Crippen molar-refractivity contribution in [3.05, 3.63) is 35.9 Å². The second-order valence-corrected chi connectivity index (χ2v) is 10.8. The van der Waals surface area contributed by atoms with Crippen LogP contribution < -0.4 is 43.0 Å². The Balaban J connectivity index is 2.78. The van der Waals surface area contributed by atoms with Gasteiger partial charge in [0, 0.05) is 6.42 Å². The van der Waals surface area contributed by atoms with Gasteiger partial charge in [0.15, 0.2) is 0 Å². The molecule has 7 amide bonds. The summed E-state index contributed by atoms with van der Waals surface area (Å²) in [5.74, 6) is -7.80. The molecule has 0 radical (unpaired) electrons. The second-order valence-electron chi connectivity index (χ2n) is 10.8. The Morgan fingerprint density at radius 2 is 1.04 bits per heavy atom. The van der Waals surface area contributed by atoms with E-state index in [9.17, 15) is 53.7 Å². The Morgan fingerprint density at radius 1 is 0.592 bits per heavy atom. The highest BCUT2D eigenvalue weighted by atomic mass is 16.4. The number of carboxylic acid groups (broad SMARTS) is 1. The van der Waals surface area contributed by atoms with Crippen molar-refractivity contribution >= 4 is 47.3 Å². The Hall–Kier alpha value is -5.18. The first kappa shape index (κ1) is 41.8. The number of carboxylic acids is 1. The zero-order chi connectivity index (χ0) is 37.3. The molecule has 0 aliphatic rings. The maximum Gasteiger partial charge on any atom is 0.328 e. The number of carbonyl (C=O) groups is 8. The number of aliphatic hydroxyl groups excluding tert-OH is 3. The molecule has 0 aliphatic heterocycles. The monoisotopic (exact) mass is 696 g/mol. The third-order valence-electron chi connectivity index (χ3n) is 6.70. The predicted octanol–water partition coefficient (Wildman–Crippen LogP) is -6.30. The van der Waals surface area contributed by atoms with Crippen molar-refractivity contribution in [1.29, 1.82) is 0 Å². The summed E-state index contributed by atoms with van der Waals surface area (Å²) in [5, 5.41) is 53.3. The maximum atomic E-state index is 12.8. The molecule has 1 aromatic rings. The summed E-state index contributed by atoms with van der Waals surface area (Å²) in [7, 11) is 0. The highest BCUT2D eigenvalue weighted by Crippen LogP contribution is 2.04. The number of hydrogen-bond acceptors (Lipinski definition) is 12. The molecule has 0 saturated heterocycles. The molecule has 0 bridgehead atoms. The van der Waals surface area contributed by atoms with Gasteiger partial charge in [-0.2, -0.15) is 0 Å². The number of nitrogens with one attached hydrogen (secondary N) is 7. The molecule has 7 atom stereocenters. The van der Waals surface area contributed by atoms with Crippen molar-refractivity contribution in [2.75, 3.05) is 26.4 Å². The fraction of sp³-hybridized carbons (Fsp3) is 0.517. The highest BCUT2D eigenvalue weighted by Gasteiger charge is 2.30. The second kappa shape index (κ2) is 20.9. The highest BCUT2D eigenvalue weighted by molar-refractivity contribution is 5.96. The van der Waals surface area contributed by atoms with Crippen molar-refractivity contribution in [1.82, 2.24) is 37.2 Å². The first-order valence-electron chi connectivity index (χ1n) is 15.0. The number of aliphatic hydroxyl groups is 3. The molecule has 20 nitrogen and oxygen atoms in total. The van der Waals surface area contributed by atoms with Crippen molar-refractivity contribution in [3.63, 3.8) is 0 Å². The quantitative estimate of drug-likeness (QED) is 0.0604. The van der Waals surface area contributed by atoms with Gasteiger partial charge in [-0.25, -0.2) is 4.79 Å². The zero-order valence-electron chi connectivity index (χ0n) is 27.1. The largest absolute Gasteiger partial charge is 0.480 e. The average molecular weight is 697 g/mol. The molecule has 1 rings (SSSR count). The molecule has 0 aliphatic carbocycles. The van der Waals surface area contributed by atoms with Gasteiger partial charge in [0.05, 0.1) is 32.4 Å². The summed E-state index contributed by atoms with van der Waals surface area (Å²) >= 11 is 0. The molecule has 0 unspecified atom stereocenters. The van der Waals surface area contributed by atoms with Gasteiger partial charge in [-0.1, -0.05) is 30.3 Å². The van der Waals surface area contributed by atoms with Crippen LogP contribution in [0.1, 0.15) is 26.3 Å². The first-order valence-corrected chi connectivity index (χ1v) is 15.0. The maximum absolute atomic E-state index is 12.8. The van der Waals surface area contributed by atoms with E-state index in [1.165, 1.54) is 20.8 Å². The zero-order valence-corrected chi connectivity index (χ0v) is 27.1. The van der Waals surface area contributed by atoms with Gasteiger partial charge in [-0.3, -0.25) is 33.6 Å². The summed E-state index contributed by atoms with van der Waals surface area (Å²) in [6.45, 7) is 0.426. The first-order chi connectivity index (χ1) is 23.0. The lowest BCUT2D eigenvalue weighted by Gasteiger charge is -2.23. The normalized spacial score (nSPS) is 15.0. The van der Waals surface area contributed by atoms with Crippen LogP contribution in [0.25, 0.3) is 0 Å². The van der Waals surface area contributed by atoms with Crippen LogP contribution in [0.5, 0.6) is 0 Å². The molecule has 272 valence electrons. The molecule has 1 aromatic carbocycles. The van der Waals surface area contributed by atoms with E-state index in [2.05, 4.69) is 37.2 Å². The van der Waals surface area contributed by atoms with Crippen LogP contribution in [0.2, 0.25) is 0 Å². The van der Waals surface area contributed by atoms with Crippen LogP contribution >= 0.6 is 0 Å². The topological polar surface area (TPSA) is 328 Å². The van der Waals surface area contributed by atoms with Crippen LogP contribution in [-0.2, 0) is 44.8 Å². The summed E-state index contributed by atoms with van der Waals surface area (Å²) in [5.41, 5.74) is 6.03. The fourth-order valence-corrected chi connectivity index (χ4v) is 3.82. The summed E-state index contributed by atoms with van der Waals surface area (Å²) < 4.78 is 0. The SMILES string of the molecule is C[C@H](N)C(=O)N[C@@H](C)C(=O)N[C@@H](C)C(=O)N[C@@H](CO)C(=O)N[C@@H](CO)C(=O)NCC(=O)N[C@@H](Cc1ccccc1)C(=O)N[C@@H](CO)C(=O)O. The minimum atomic E-state index is -1.66. The molecule has 0 heterocycles. The molecule has 20 heteroatoms. The lowest BCUT2D eigenvalue weighted by molar-refractivity contribution is -0.143. The van der Waals surface area contributed by atoms with Crippen LogP contribution in [-0.4, -0.2) is 136 Å². The van der Waals surface area contributed by atoms with Gasteiger partial charge in [0.2, 0.25) is 41.4 Å². The number of amides is 7. The van der Waals surface area contributed by atoms with E-state index < -0.39 is 116 Å². The van der Waals surface area contributed by atoms with Crippen LogP contribution in [0.4, 0.5) is 0 Å². The lowest BCUT2D eigenvalue weighted by atomic mass is 10.0. The number of rotatable bonds is 20. The predicted molar refractivity (Wildman–Crippen MR) is 169 cm³/mol. The molecule has 0 spiro atoms. The number of carbonyl (C=O) groups excluding carboxylic acids is 7. The minimum absolute atomic E-state index is 0.0842. The number of hydrogen-bond donors (Lipinski definition) is 12. The third-order valence-corrected chi connectivity index (χ3v) is 6.70. The van der Waals surface area contributed by atoms with Crippen LogP contribution in [0.15, 0.2) is 30.3 Å². The van der Waals surface area contributed by atoms with Crippen molar-refractivity contribution in [3.8, 4) is 0 Å². The number of benzene rings is 1. The summed E-state index contributed by atoms with van der Waals surface area (Å²) in [6.07, 6.45) is -0.0842. The smallest absolute Gasteiger partial charge is 0.328 e. The lowest BCUT2D eigenvalue weighted by Crippen LogP contribution is -2.59. The standard InChI is InChI=1S/C29H44N8O12/c1-14(30)23(42)32-15(2)24(43)33-16(3)25(44)35-20(12-39)28(47)36-19(11-38)26(45)31-10-22(41)34-18(9-17-7-5-4-6-8-17)27(46)37-21(13-40)29(48)49/h4-8,14-16,18-21,38-40H,9-13,30H2,1-3H3,(H,31,45)(H,32,42)(H,33,43)(H,34,41)(H,35,44)(H,36,47)(H,37,46)(H,48,49)/t14-,15-,16-,18-,19-,20-,21-/m0/s1. The van der Waals surface area contributed by atoms with Crippen molar-refractivity contribution in [2.45, 2.75) is 69.5 Å². The fourth-order valence-electron chi connectivity index (χ4n) is 3.82. The van der Waals surface area contributed by atoms with Crippen molar-refractivity contribution < 1.29 is 58.8 Å². The van der Waals surface area contributed by atoms with E-state index in [0.29, 0.717) is 5.56 Å². The van der Waals surface area contributed by atoms with Crippen LogP contribution in [0, 0.1) is 0 Å². The number of nitrogens with two attached hydrogens (primary N) is 1. The van der Waals surface area contributed by atoms with Crippen molar-refractivity contribution in [2.24, 2.45) is 5.73 Å². The Bertz CT molecular complexity index is 1330. The van der Waals surface area contributed by atoms with Gasteiger partial charge in [0.25, 0.3) is 0 Å². The molecule has 0 saturated carbocycles. The third kappa shape index (κ3) is 14.6. The van der Waals surface area contributed by atoms with E-state index in [1.807, 2.05) is 0 Å². The Kier molecular flexibility index (Phi) is 17.9. The molecule has 13 N–H and O–H groups in total. The van der Waals surface area contributed by atoms with E-state index in [4.69, 9.17) is 10.8 Å². The van der Waals surface area contributed by atoms with Gasteiger partial charge in [-0.15, -0.1) is 0 Å². The van der Waals surface area contributed by atoms with Gasteiger partial charge < -0.3 is 63.4 Å². The number of aliphatic carboxylic acids is 1. The van der Waals surface area contributed by atoms with E-state index >= 15 is 0 Å².